The van der Waals surface area contributed by atoms with Crippen LogP contribution in [0.1, 0.15) is 0 Å². The number of amides is 1. The molecule has 0 unspecified atom stereocenters. The van der Waals surface area contributed by atoms with Gasteiger partial charge in [0.15, 0.2) is 6.61 Å². The number of aromatic nitrogens is 3. The Morgan fingerprint density at radius 3 is 2.36 bits per heavy atom. The van der Waals surface area contributed by atoms with Crippen molar-refractivity contribution in [1.29, 1.82) is 0 Å². The van der Waals surface area contributed by atoms with Crippen LogP contribution in [0.25, 0.3) is 11.0 Å². The summed E-state index contributed by atoms with van der Waals surface area (Å²) in [5, 5.41) is 18.9. The van der Waals surface area contributed by atoms with Gasteiger partial charge in [-0.3, -0.25) is 4.79 Å². The standard InChI is InChI=1S/C20H16N6O2/c27-20(14-28-26-19-9-5-4-8-18(19)24-25-26)21-15-10-12-17(13-11-15)23-22-16-6-2-1-3-7-16/h1-13H,14H2,(H,21,27). The highest BCUT2D eigenvalue weighted by molar-refractivity contribution is 5.91. The second kappa shape index (κ2) is 8.09. The van der Waals surface area contributed by atoms with Crippen molar-refractivity contribution in [2.45, 2.75) is 0 Å². The van der Waals surface area contributed by atoms with Crippen LogP contribution in [0.5, 0.6) is 0 Å². The normalized spacial score (nSPS) is 11.0. The molecule has 1 aromatic heterocycles. The van der Waals surface area contributed by atoms with Gasteiger partial charge in [-0.1, -0.05) is 35.2 Å². The fourth-order valence-electron chi connectivity index (χ4n) is 2.48. The number of para-hydroxylation sites is 1. The van der Waals surface area contributed by atoms with Gasteiger partial charge in [0.05, 0.1) is 11.4 Å². The molecule has 3 aromatic carbocycles. The summed E-state index contributed by atoms with van der Waals surface area (Å²) in [6.07, 6.45) is 0. The molecule has 0 aliphatic rings. The molecule has 0 bridgehead atoms. The van der Waals surface area contributed by atoms with Crippen LogP contribution in [0.4, 0.5) is 17.1 Å². The van der Waals surface area contributed by atoms with Crippen LogP contribution in [-0.4, -0.2) is 27.7 Å². The Bertz CT molecular complexity index is 1110. The summed E-state index contributed by atoms with van der Waals surface area (Å²) < 4.78 is 0. The highest BCUT2D eigenvalue weighted by Gasteiger charge is 2.08. The summed E-state index contributed by atoms with van der Waals surface area (Å²) in [5.74, 6) is -0.307. The van der Waals surface area contributed by atoms with E-state index in [1.54, 1.807) is 24.3 Å². The van der Waals surface area contributed by atoms with E-state index >= 15 is 0 Å². The van der Waals surface area contributed by atoms with Crippen molar-refractivity contribution in [1.82, 2.24) is 15.2 Å². The Labute approximate surface area is 160 Å². The molecule has 8 heteroatoms. The van der Waals surface area contributed by atoms with Crippen molar-refractivity contribution in [3.8, 4) is 0 Å². The monoisotopic (exact) mass is 372 g/mol. The number of carbonyl (C=O) groups is 1. The molecule has 0 aliphatic carbocycles. The largest absolute Gasteiger partial charge is 0.385 e. The van der Waals surface area contributed by atoms with Crippen LogP contribution < -0.4 is 10.2 Å². The van der Waals surface area contributed by atoms with Gasteiger partial charge in [-0.2, -0.15) is 10.2 Å². The fourth-order valence-corrected chi connectivity index (χ4v) is 2.48. The second-order valence-corrected chi connectivity index (χ2v) is 5.86. The third-order valence-electron chi connectivity index (χ3n) is 3.83. The van der Waals surface area contributed by atoms with E-state index in [0.717, 1.165) is 5.69 Å². The zero-order chi connectivity index (χ0) is 19.2. The van der Waals surface area contributed by atoms with Gasteiger partial charge >= 0.3 is 0 Å². The number of nitrogens with zero attached hydrogens (tertiary/aromatic N) is 5. The van der Waals surface area contributed by atoms with E-state index in [0.29, 0.717) is 22.4 Å². The van der Waals surface area contributed by atoms with Crippen LogP contribution in [0.15, 0.2) is 89.1 Å². The SMILES string of the molecule is O=C(COn1nnc2ccccc21)Nc1ccc(N=Nc2ccccc2)cc1. The van der Waals surface area contributed by atoms with Crippen molar-refractivity contribution < 1.29 is 9.63 Å². The van der Waals surface area contributed by atoms with Crippen molar-refractivity contribution in [3.05, 3.63) is 78.9 Å². The van der Waals surface area contributed by atoms with Gasteiger partial charge in [0.25, 0.3) is 5.91 Å². The van der Waals surface area contributed by atoms with Gasteiger partial charge in [0.2, 0.25) is 0 Å². The van der Waals surface area contributed by atoms with Crippen molar-refractivity contribution >= 4 is 34.0 Å². The zero-order valence-corrected chi connectivity index (χ0v) is 14.8. The summed E-state index contributed by atoms with van der Waals surface area (Å²) >= 11 is 0. The number of rotatable bonds is 6. The molecule has 28 heavy (non-hydrogen) atoms. The molecule has 0 saturated carbocycles. The molecule has 0 atom stereocenters. The molecule has 0 fully saturated rings. The highest BCUT2D eigenvalue weighted by Crippen LogP contribution is 2.20. The molecular formula is C20H16N6O2. The van der Waals surface area contributed by atoms with Gasteiger partial charge in [0, 0.05) is 5.69 Å². The Balaban J connectivity index is 1.32. The molecular weight excluding hydrogens is 356 g/mol. The predicted molar refractivity (Wildman–Crippen MR) is 105 cm³/mol. The van der Waals surface area contributed by atoms with Crippen LogP contribution in [0.2, 0.25) is 0 Å². The molecule has 4 aromatic rings. The van der Waals surface area contributed by atoms with E-state index in [1.165, 1.54) is 4.85 Å². The first kappa shape index (κ1) is 17.3. The summed E-state index contributed by atoms with van der Waals surface area (Å²) in [5.41, 5.74) is 3.49. The predicted octanol–water partition coefficient (Wildman–Crippen LogP) is 3.91. The lowest BCUT2D eigenvalue weighted by Crippen LogP contribution is -2.26. The minimum absolute atomic E-state index is 0.192. The maximum Gasteiger partial charge on any atom is 0.265 e. The van der Waals surface area contributed by atoms with E-state index in [2.05, 4.69) is 25.9 Å². The lowest BCUT2D eigenvalue weighted by Gasteiger charge is -2.07. The third-order valence-corrected chi connectivity index (χ3v) is 3.83. The van der Waals surface area contributed by atoms with Gasteiger partial charge in [-0.15, -0.1) is 5.10 Å². The van der Waals surface area contributed by atoms with E-state index in [-0.39, 0.29) is 12.5 Å². The molecule has 4 rings (SSSR count). The number of anilines is 1. The molecule has 0 radical (unpaired) electrons. The molecule has 1 amide bonds. The molecule has 0 aliphatic heterocycles. The number of hydrogen-bond acceptors (Lipinski definition) is 6. The lowest BCUT2D eigenvalue weighted by molar-refractivity contribution is -0.121. The van der Waals surface area contributed by atoms with E-state index in [1.807, 2.05) is 54.6 Å². The van der Waals surface area contributed by atoms with Crippen LogP contribution >= 0.6 is 0 Å². The summed E-state index contributed by atoms with van der Waals surface area (Å²) in [4.78, 5) is 18.7. The Morgan fingerprint density at radius 1 is 0.893 bits per heavy atom. The number of hydrogen-bond donors (Lipinski definition) is 1. The van der Waals surface area contributed by atoms with E-state index < -0.39 is 0 Å². The first-order valence-corrected chi connectivity index (χ1v) is 8.58. The van der Waals surface area contributed by atoms with E-state index in [4.69, 9.17) is 4.84 Å². The minimum Gasteiger partial charge on any atom is -0.385 e. The molecule has 1 N–H and O–H groups in total. The first-order chi connectivity index (χ1) is 13.8. The average Bonchev–Trinajstić information content (AvgIpc) is 3.16. The smallest absolute Gasteiger partial charge is 0.265 e. The number of azo groups is 1. The third kappa shape index (κ3) is 4.18. The highest BCUT2D eigenvalue weighted by atomic mass is 16.7. The maximum atomic E-state index is 12.1. The molecule has 8 nitrogen and oxygen atoms in total. The van der Waals surface area contributed by atoms with Crippen molar-refractivity contribution in [2.24, 2.45) is 10.2 Å². The Morgan fingerprint density at radius 2 is 1.57 bits per heavy atom. The maximum absolute atomic E-state index is 12.1. The molecule has 1 heterocycles. The minimum atomic E-state index is -0.307. The molecule has 0 spiro atoms. The molecule has 0 saturated heterocycles. The van der Waals surface area contributed by atoms with Gasteiger partial charge < -0.3 is 10.2 Å². The second-order valence-electron chi connectivity index (χ2n) is 5.86. The Kier molecular flexibility index (Phi) is 5.01. The summed E-state index contributed by atoms with van der Waals surface area (Å²) in [6.45, 7) is -0.192. The number of nitrogens with one attached hydrogen (secondary N) is 1. The van der Waals surface area contributed by atoms with Crippen molar-refractivity contribution in [3.63, 3.8) is 0 Å². The molecule has 138 valence electrons. The van der Waals surface area contributed by atoms with E-state index in [9.17, 15) is 4.79 Å². The fraction of sp³-hybridized carbons (Fsp3) is 0.0500. The van der Waals surface area contributed by atoms with Crippen LogP contribution in [0, 0.1) is 0 Å². The summed E-state index contributed by atoms with van der Waals surface area (Å²) in [7, 11) is 0. The van der Waals surface area contributed by atoms with Gasteiger partial charge in [-0.05, 0) is 53.7 Å². The average molecular weight is 372 g/mol. The van der Waals surface area contributed by atoms with Crippen LogP contribution in [-0.2, 0) is 4.79 Å². The number of benzene rings is 3. The van der Waals surface area contributed by atoms with Crippen LogP contribution in [0.3, 0.4) is 0 Å². The first-order valence-electron chi connectivity index (χ1n) is 8.58. The number of fused-ring (bicyclic) bond motifs is 1. The topological polar surface area (TPSA) is 93.8 Å². The van der Waals surface area contributed by atoms with Crippen molar-refractivity contribution in [2.75, 3.05) is 11.9 Å². The number of carbonyl (C=O) groups excluding carboxylic acids is 1. The lowest BCUT2D eigenvalue weighted by atomic mass is 10.3. The van der Waals surface area contributed by atoms with Gasteiger partial charge in [0.1, 0.15) is 11.0 Å². The Hall–Kier alpha value is -4.07. The quantitative estimate of drug-likeness (QED) is 0.519. The zero-order valence-electron chi connectivity index (χ0n) is 14.8. The van der Waals surface area contributed by atoms with Gasteiger partial charge in [-0.25, -0.2) is 0 Å². The summed E-state index contributed by atoms with van der Waals surface area (Å²) in [6, 6.07) is 23.9.